The molecule has 3 aliphatic heterocycles. The van der Waals surface area contributed by atoms with E-state index in [0.717, 1.165) is 90.4 Å². The molecule has 0 atom stereocenters. The molecule has 2 N–H and O–H groups in total. The monoisotopic (exact) mass is 420 g/mol. The fourth-order valence-corrected chi connectivity index (χ4v) is 4.57. The fourth-order valence-electron chi connectivity index (χ4n) is 4.57. The van der Waals surface area contributed by atoms with E-state index in [1.54, 1.807) is 12.1 Å². The van der Waals surface area contributed by atoms with Crippen LogP contribution in [0.1, 0.15) is 18.4 Å². The first-order valence-corrected chi connectivity index (χ1v) is 10.9. The summed E-state index contributed by atoms with van der Waals surface area (Å²) in [6, 6.07) is 6.78. The number of carboxylic acid groups (broad SMARTS) is 1. The molecule has 0 aliphatic carbocycles. The van der Waals surface area contributed by atoms with Crippen molar-refractivity contribution < 1.29 is 19.3 Å². The molecular weight excluding hydrogens is 386 g/mol. The van der Waals surface area contributed by atoms with Crippen LogP contribution in [-0.2, 0) is 11.3 Å². The number of quaternary nitrogens is 1. The van der Waals surface area contributed by atoms with Gasteiger partial charge < -0.3 is 14.9 Å². The van der Waals surface area contributed by atoms with Crippen molar-refractivity contribution in [3.63, 3.8) is 0 Å². The third-order valence-corrected chi connectivity index (χ3v) is 6.34. The summed E-state index contributed by atoms with van der Waals surface area (Å²) >= 11 is 0. The van der Waals surface area contributed by atoms with Crippen LogP contribution in [0.15, 0.2) is 24.3 Å². The lowest BCUT2D eigenvalue weighted by Crippen LogP contribution is -2.62. The summed E-state index contributed by atoms with van der Waals surface area (Å²) < 4.78 is 0.676. The van der Waals surface area contributed by atoms with Crippen LogP contribution in [-0.4, -0.2) is 102 Å². The van der Waals surface area contributed by atoms with Crippen molar-refractivity contribution in [2.45, 2.75) is 19.4 Å². The predicted molar refractivity (Wildman–Crippen MR) is 114 cm³/mol. The number of nitro benzene ring substituents is 1. The summed E-state index contributed by atoms with van der Waals surface area (Å²) in [6.45, 7) is 10.3. The second-order valence-electron chi connectivity index (χ2n) is 8.56. The van der Waals surface area contributed by atoms with E-state index in [1.807, 2.05) is 12.1 Å². The molecule has 0 spiro atoms. The van der Waals surface area contributed by atoms with E-state index in [4.69, 9.17) is 0 Å². The van der Waals surface area contributed by atoms with Crippen LogP contribution in [0.4, 0.5) is 5.69 Å². The van der Waals surface area contributed by atoms with E-state index in [2.05, 4.69) is 15.1 Å². The van der Waals surface area contributed by atoms with Gasteiger partial charge in [-0.15, -0.1) is 0 Å². The quantitative estimate of drug-likeness (QED) is 0.416. The standard InChI is InChI=1S/C21H33N5O4/c27-21(28)18-26-14-2-10-24(17-19-3-5-20(6-4-19)25(29)30)11-8-22-7-1-9-23(12-15-26)13-16-26/h3-6,22H,1-2,7-18H2/p+1. The Morgan fingerprint density at radius 3 is 2.43 bits per heavy atom. The average Bonchev–Trinajstić information content (AvgIpc) is 2.71. The Morgan fingerprint density at radius 1 is 1.03 bits per heavy atom. The van der Waals surface area contributed by atoms with Crippen LogP contribution in [0.25, 0.3) is 0 Å². The lowest BCUT2D eigenvalue weighted by atomic mass is 10.1. The van der Waals surface area contributed by atoms with Crippen molar-refractivity contribution in [1.82, 2.24) is 15.1 Å². The molecule has 3 saturated heterocycles. The zero-order chi connectivity index (χ0) is 21.4. The minimum absolute atomic E-state index is 0.112. The maximum absolute atomic E-state index is 11.5. The van der Waals surface area contributed by atoms with Crippen molar-refractivity contribution >= 4 is 11.7 Å². The number of benzene rings is 1. The zero-order valence-corrected chi connectivity index (χ0v) is 17.7. The fraction of sp³-hybridized carbons (Fsp3) is 0.667. The van der Waals surface area contributed by atoms with Crippen molar-refractivity contribution in [2.75, 3.05) is 72.0 Å². The number of hydrogen-bond donors (Lipinski definition) is 2. The average molecular weight is 421 g/mol. The number of fused-ring (bicyclic) bond motifs is 11. The summed E-state index contributed by atoms with van der Waals surface area (Å²) in [6.07, 6.45) is 2.04. The van der Waals surface area contributed by atoms with Gasteiger partial charge in [-0.3, -0.25) is 19.9 Å². The second kappa shape index (κ2) is 10.8. The lowest BCUT2D eigenvalue weighted by Gasteiger charge is -2.44. The van der Waals surface area contributed by atoms with Gasteiger partial charge in [-0.2, -0.15) is 0 Å². The smallest absolute Gasteiger partial charge is 0.359 e. The molecule has 3 aliphatic rings. The first-order chi connectivity index (χ1) is 14.5. The molecule has 3 heterocycles. The number of piperazine rings is 1. The number of carbonyl (C=O) groups is 1. The molecule has 2 bridgehead atoms. The molecule has 0 amide bonds. The van der Waals surface area contributed by atoms with Crippen molar-refractivity contribution in [3.8, 4) is 0 Å². The van der Waals surface area contributed by atoms with E-state index < -0.39 is 5.97 Å². The first kappa shape index (κ1) is 22.6. The number of nitrogens with zero attached hydrogens (tertiary/aromatic N) is 4. The number of hydrogen-bond acceptors (Lipinski definition) is 6. The molecule has 166 valence electrons. The van der Waals surface area contributed by atoms with Crippen LogP contribution < -0.4 is 5.32 Å². The van der Waals surface area contributed by atoms with Gasteiger partial charge in [-0.25, -0.2) is 4.79 Å². The highest BCUT2D eigenvalue weighted by Gasteiger charge is 2.34. The van der Waals surface area contributed by atoms with Crippen molar-refractivity contribution in [1.29, 1.82) is 0 Å². The van der Waals surface area contributed by atoms with Crippen molar-refractivity contribution in [3.05, 3.63) is 39.9 Å². The number of aliphatic carboxylic acids is 1. The zero-order valence-electron chi connectivity index (χ0n) is 17.7. The summed E-state index contributed by atoms with van der Waals surface area (Å²) in [5, 5.41) is 23.9. The minimum atomic E-state index is -0.712. The molecule has 0 radical (unpaired) electrons. The molecule has 4 rings (SSSR count). The number of carboxylic acids is 1. The Bertz CT molecular complexity index is 704. The molecule has 0 saturated carbocycles. The summed E-state index contributed by atoms with van der Waals surface area (Å²) in [5.74, 6) is -0.712. The number of nitrogens with one attached hydrogen (secondary N) is 1. The van der Waals surface area contributed by atoms with E-state index in [1.165, 1.54) is 0 Å². The Kier molecular flexibility index (Phi) is 8.15. The third-order valence-electron chi connectivity index (χ3n) is 6.34. The molecule has 9 nitrogen and oxygen atoms in total. The highest BCUT2D eigenvalue weighted by molar-refractivity contribution is 5.67. The summed E-state index contributed by atoms with van der Waals surface area (Å²) in [7, 11) is 0. The van der Waals surface area contributed by atoms with Gasteiger partial charge >= 0.3 is 5.97 Å². The Balaban J connectivity index is 1.64. The summed E-state index contributed by atoms with van der Waals surface area (Å²) in [4.78, 5) is 26.8. The van der Waals surface area contributed by atoms with Crippen LogP contribution in [0, 0.1) is 10.1 Å². The van der Waals surface area contributed by atoms with Gasteiger partial charge in [-0.1, -0.05) is 12.1 Å². The van der Waals surface area contributed by atoms with E-state index >= 15 is 0 Å². The predicted octanol–water partition coefficient (Wildman–Crippen LogP) is 0.997. The molecule has 0 aromatic heterocycles. The highest BCUT2D eigenvalue weighted by Crippen LogP contribution is 2.17. The van der Waals surface area contributed by atoms with Gasteiger partial charge in [0.1, 0.15) is 0 Å². The largest absolute Gasteiger partial charge is 0.477 e. The lowest BCUT2D eigenvalue weighted by molar-refractivity contribution is -0.925. The maximum atomic E-state index is 11.5. The minimum Gasteiger partial charge on any atom is -0.477 e. The molecular formula is C21H34N5O4+. The molecule has 1 aromatic rings. The second-order valence-corrected chi connectivity index (χ2v) is 8.56. The number of non-ortho nitro benzene ring substituents is 1. The van der Waals surface area contributed by atoms with E-state index in [9.17, 15) is 20.0 Å². The van der Waals surface area contributed by atoms with Gasteiger partial charge in [0.15, 0.2) is 6.54 Å². The van der Waals surface area contributed by atoms with Crippen LogP contribution in [0.2, 0.25) is 0 Å². The van der Waals surface area contributed by atoms with Gasteiger partial charge in [0.25, 0.3) is 5.69 Å². The third kappa shape index (κ3) is 6.73. The first-order valence-electron chi connectivity index (χ1n) is 10.9. The highest BCUT2D eigenvalue weighted by atomic mass is 16.6. The molecule has 9 heteroatoms. The topological polar surface area (TPSA) is 98.9 Å². The summed E-state index contributed by atoms with van der Waals surface area (Å²) in [5.41, 5.74) is 1.17. The molecule has 3 fully saturated rings. The molecule has 0 unspecified atom stereocenters. The Morgan fingerprint density at radius 2 is 1.77 bits per heavy atom. The van der Waals surface area contributed by atoms with Crippen molar-refractivity contribution in [2.24, 2.45) is 0 Å². The Labute approximate surface area is 178 Å². The van der Waals surface area contributed by atoms with Gasteiger partial charge in [0.2, 0.25) is 0 Å². The van der Waals surface area contributed by atoms with E-state index in [-0.39, 0.29) is 17.2 Å². The van der Waals surface area contributed by atoms with E-state index in [0.29, 0.717) is 4.48 Å². The molecule has 30 heavy (non-hydrogen) atoms. The maximum Gasteiger partial charge on any atom is 0.359 e. The number of nitro groups is 1. The van der Waals surface area contributed by atoms with Gasteiger partial charge in [0, 0.05) is 57.8 Å². The molecule has 1 aromatic carbocycles. The normalized spacial score (nSPS) is 26.7. The van der Waals surface area contributed by atoms with Crippen LogP contribution in [0.3, 0.4) is 0 Å². The van der Waals surface area contributed by atoms with Crippen LogP contribution >= 0.6 is 0 Å². The SMILES string of the molecule is O=C(O)C[N+]12CCCN(Cc3ccc([N+](=O)[O-])cc3)CCNCCCN(CC1)CC2. The van der Waals surface area contributed by atoms with Crippen LogP contribution in [0.5, 0.6) is 0 Å². The Hall–Kier alpha value is -2.07. The van der Waals surface area contributed by atoms with Gasteiger partial charge in [-0.05, 0) is 25.1 Å². The van der Waals surface area contributed by atoms with Gasteiger partial charge in [0.05, 0.1) is 24.6 Å². The number of rotatable bonds is 5.